The highest BCUT2D eigenvalue weighted by atomic mass is 35.5. The van der Waals surface area contributed by atoms with E-state index in [1.807, 2.05) is 0 Å². The van der Waals surface area contributed by atoms with Crippen molar-refractivity contribution < 1.29 is 14.5 Å². The standard InChI is InChI=1S/C40H49ClN2O2/c1-6-7-27-42-33-20-12-10-18-31(33)39(2,3)35(42)25-23-29-16-15-17-30(38(29)41)24-26-36-40(4,5)32-19-11-13-21-34(32)43(36)28-14-8-9-22-37(44)45/h10-13,18-21,23-26H,6-9,14-17,22,27-28H2,1-5H3/p+1. The number of allylic oxidation sites excluding steroid dienone is 8. The van der Waals surface area contributed by atoms with E-state index in [9.17, 15) is 4.79 Å². The van der Waals surface area contributed by atoms with Gasteiger partial charge in [-0.2, -0.15) is 4.58 Å². The van der Waals surface area contributed by atoms with Crippen molar-refractivity contribution in [1.82, 2.24) is 0 Å². The molecule has 3 aliphatic rings. The summed E-state index contributed by atoms with van der Waals surface area (Å²) >= 11 is 7.19. The first-order chi connectivity index (χ1) is 21.6. The lowest BCUT2D eigenvalue weighted by Crippen LogP contribution is -2.28. The van der Waals surface area contributed by atoms with Crippen LogP contribution in [0.15, 0.2) is 94.7 Å². The molecule has 0 fully saturated rings. The van der Waals surface area contributed by atoms with E-state index in [2.05, 4.69) is 117 Å². The van der Waals surface area contributed by atoms with E-state index in [1.54, 1.807) is 0 Å². The van der Waals surface area contributed by atoms with Crippen molar-refractivity contribution in [1.29, 1.82) is 0 Å². The molecule has 4 nitrogen and oxygen atoms in total. The number of anilines is 1. The van der Waals surface area contributed by atoms with Gasteiger partial charge >= 0.3 is 5.97 Å². The third-order valence-electron chi connectivity index (χ3n) is 9.95. The number of hydrogen-bond donors (Lipinski definition) is 1. The molecule has 5 heteroatoms. The average molecular weight is 626 g/mol. The summed E-state index contributed by atoms with van der Waals surface area (Å²) in [4.78, 5) is 13.5. The van der Waals surface area contributed by atoms with Gasteiger partial charge in [-0.05, 0) is 81.2 Å². The fourth-order valence-corrected chi connectivity index (χ4v) is 7.68. The van der Waals surface area contributed by atoms with E-state index in [-0.39, 0.29) is 17.3 Å². The van der Waals surface area contributed by atoms with Crippen molar-refractivity contribution >= 4 is 34.7 Å². The number of unbranched alkanes of at least 4 members (excludes halogenated alkanes) is 3. The second-order valence-electron chi connectivity index (χ2n) is 13.8. The molecular weight excluding hydrogens is 576 g/mol. The zero-order chi connectivity index (χ0) is 32.2. The number of halogens is 1. The van der Waals surface area contributed by atoms with Crippen molar-refractivity contribution in [3.8, 4) is 0 Å². The maximum Gasteiger partial charge on any atom is 0.303 e. The number of fused-ring (bicyclic) bond motifs is 2. The largest absolute Gasteiger partial charge is 0.481 e. The van der Waals surface area contributed by atoms with E-state index in [1.165, 1.54) is 51.5 Å². The molecule has 0 amide bonds. The van der Waals surface area contributed by atoms with Crippen molar-refractivity contribution in [2.75, 3.05) is 18.0 Å². The smallest absolute Gasteiger partial charge is 0.303 e. The molecule has 2 aromatic rings. The van der Waals surface area contributed by atoms with Crippen LogP contribution in [0.3, 0.4) is 0 Å². The Balaban J connectivity index is 1.44. The van der Waals surface area contributed by atoms with Gasteiger partial charge in [-0.15, -0.1) is 0 Å². The lowest BCUT2D eigenvalue weighted by Gasteiger charge is -2.27. The van der Waals surface area contributed by atoms with Crippen LogP contribution in [0.5, 0.6) is 0 Å². The molecule has 45 heavy (non-hydrogen) atoms. The fraction of sp³-hybridized carbons (Fsp3) is 0.450. The molecule has 0 bridgehead atoms. The highest BCUT2D eigenvalue weighted by Gasteiger charge is 2.44. The minimum absolute atomic E-state index is 0.0637. The van der Waals surface area contributed by atoms with Gasteiger partial charge in [0.2, 0.25) is 5.69 Å². The average Bonchev–Trinajstić information content (AvgIpc) is 3.37. The van der Waals surface area contributed by atoms with Crippen LogP contribution in [0.1, 0.15) is 104 Å². The van der Waals surface area contributed by atoms with Crippen LogP contribution in [0.25, 0.3) is 0 Å². The molecule has 0 saturated carbocycles. The van der Waals surface area contributed by atoms with Gasteiger partial charge in [0.15, 0.2) is 5.71 Å². The van der Waals surface area contributed by atoms with Gasteiger partial charge in [0.05, 0.1) is 5.41 Å². The van der Waals surface area contributed by atoms with Crippen molar-refractivity contribution in [3.63, 3.8) is 0 Å². The quantitative estimate of drug-likeness (QED) is 0.188. The summed E-state index contributed by atoms with van der Waals surface area (Å²) in [6.07, 6.45) is 17.3. The normalized spacial score (nSPS) is 20.5. The fourth-order valence-electron chi connectivity index (χ4n) is 7.37. The van der Waals surface area contributed by atoms with Crippen molar-refractivity contribution in [3.05, 3.63) is 106 Å². The molecule has 1 aliphatic carbocycles. The van der Waals surface area contributed by atoms with Crippen LogP contribution in [0.2, 0.25) is 0 Å². The van der Waals surface area contributed by atoms with Crippen LogP contribution >= 0.6 is 11.6 Å². The Bertz CT molecular complexity index is 1590. The summed E-state index contributed by atoms with van der Waals surface area (Å²) in [5.41, 5.74) is 10.1. The highest BCUT2D eigenvalue weighted by molar-refractivity contribution is 6.32. The Morgan fingerprint density at radius 2 is 1.64 bits per heavy atom. The minimum Gasteiger partial charge on any atom is -0.481 e. The predicted molar refractivity (Wildman–Crippen MR) is 189 cm³/mol. The Morgan fingerprint density at radius 3 is 2.40 bits per heavy atom. The van der Waals surface area contributed by atoms with Crippen molar-refractivity contribution in [2.45, 2.75) is 103 Å². The zero-order valence-corrected chi connectivity index (χ0v) is 28.6. The Labute approximate surface area is 275 Å². The zero-order valence-electron chi connectivity index (χ0n) is 27.8. The molecule has 2 aliphatic heterocycles. The number of carbonyl (C=O) groups is 1. The number of carboxylic acids is 1. The van der Waals surface area contributed by atoms with Crippen LogP contribution in [-0.2, 0) is 15.6 Å². The molecule has 5 rings (SSSR count). The predicted octanol–water partition coefficient (Wildman–Crippen LogP) is 10.3. The molecule has 0 radical (unpaired) electrons. The summed E-state index contributed by atoms with van der Waals surface area (Å²) in [5, 5.41) is 9.93. The topological polar surface area (TPSA) is 43.5 Å². The number of rotatable bonds is 12. The third kappa shape index (κ3) is 6.77. The summed E-state index contributed by atoms with van der Waals surface area (Å²) < 4.78 is 2.44. The van der Waals surface area contributed by atoms with Gasteiger partial charge in [-0.1, -0.05) is 87.3 Å². The molecule has 0 unspecified atom stereocenters. The SMILES string of the molecule is CCCCN1C(=CC=C2CCCC(C=CC3=[N+](CCCCCC(=O)O)c4ccccc4C3(C)C)=C2Cl)C(C)(C)c2ccccc21. The van der Waals surface area contributed by atoms with Gasteiger partial charge in [0, 0.05) is 58.9 Å². The van der Waals surface area contributed by atoms with E-state index in [4.69, 9.17) is 16.7 Å². The molecule has 2 aromatic carbocycles. The number of aliphatic carboxylic acids is 1. The number of carboxylic acid groups (broad SMARTS) is 1. The first-order valence-corrected chi connectivity index (χ1v) is 17.3. The first-order valence-electron chi connectivity index (χ1n) is 16.9. The number of para-hydroxylation sites is 2. The first kappa shape index (κ1) is 33.0. The number of hydrogen-bond acceptors (Lipinski definition) is 2. The Hall–Kier alpha value is -3.37. The molecule has 0 aromatic heterocycles. The van der Waals surface area contributed by atoms with Gasteiger partial charge in [-0.3, -0.25) is 4.79 Å². The molecule has 238 valence electrons. The summed E-state index contributed by atoms with van der Waals surface area (Å²) in [7, 11) is 0. The minimum atomic E-state index is -0.717. The number of nitrogens with zero attached hydrogens (tertiary/aromatic N) is 2. The van der Waals surface area contributed by atoms with Crippen LogP contribution in [0, 0.1) is 0 Å². The summed E-state index contributed by atoms with van der Waals surface area (Å²) in [5.74, 6) is -0.717. The molecule has 1 N–H and O–H groups in total. The molecular formula is C40H50ClN2O2+. The van der Waals surface area contributed by atoms with Gasteiger partial charge in [0.25, 0.3) is 0 Å². The second kappa shape index (κ2) is 14.0. The molecule has 0 atom stereocenters. The lowest BCUT2D eigenvalue weighted by molar-refractivity contribution is -0.438. The van der Waals surface area contributed by atoms with E-state index in [0.29, 0.717) is 6.42 Å². The summed E-state index contributed by atoms with van der Waals surface area (Å²) in [6, 6.07) is 17.5. The van der Waals surface area contributed by atoms with E-state index in [0.717, 1.165) is 56.6 Å². The van der Waals surface area contributed by atoms with Crippen LogP contribution in [0.4, 0.5) is 11.4 Å². The maximum absolute atomic E-state index is 11.0. The monoisotopic (exact) mass is 625 g/mol. The molecule has 0 saturated heterocycles. The number of benzene rings is 2. The lowest BCUT2D eigenvalue weighted by atomic mass is 9.81. The van der Waals surface area contributed by atoms with Crippen LogP contribution < -0.4 is 4.90 Å². The van der Waals surface area contributed by atoms with Gasteiger partial charge in [-0.25, -0.2) is 0 Å². The third-order valence-corrected chi connectivity index (χ3v) is 10.4. The molecule has 0 spiro atoms. The second-order valence-corrected chi connectivity index (χ2v) is 14.2. The highest BCUT2D eigenvalue weighted by Crippen LogP contribution is 2.48. The van der Waals surface area contributed by atoms with E-state index < -0.39 is 5.97 Å². The van der Waals surface area contributed by atoms with E-state index >= 15 is 0 Å². The maximum atomic E-state index is 11.0. The molecule has 2 heterocycles. The Morgan fingerprint density at radius 1 is 0.911 bits per heavy atom. The van der Waals surface area contributed by atoms with Crippen molar-refractivity contribution in [2.24, 2.45) is 0 Å². The summed E-state index contributed by atoms with van der Waals surface area (Å²) in [6.45, 7) is 13.4. The Kier molecular flexibility index (Phi) is 10.2. The van der Waals surface area contributed by atoms with Gasteiger partial charge in [0.1, 0.15) is 6.54 Å². The van der Waals surface area contributed by atoms with Gasteiger partial charge < -0.3 is 10.0 Å². The van der Waals surface area contributed by atoms with Crippen LogP contribution in [-0.4, -0.2) is 34.5 Å².